The molecule has 2 fully saturated rings. The van der Waals surface area contributed by atoms with Gasteiger partial charge in [-0.3, -0.25) is 14.1 Å². The van der Waals surface area contributed by atoms with Gasteiger partial charge in [-0.1, -0.05) is 6.07 Å². The summed E-state index contributed by atoms with van der Waals surface area (Å²) in [6.45, 7) is 3.41. The van der Waals surface area contributed by atoms with Gasteiger partial charge in [0.15, 0.2) is 11.5 Å². The van der Waals surface area contributed by atoms with Crippen LogP contribution in [0.15, 0.2) is 41.3 Å². The van der Waals surface area contributed by atoms with Gasteiger partial charge in [-0.2, -0.15) is 5.10 Å². The highest BCUT2D eigenvalue weighted by molar-refractivity contribution is 5.36. The zero-order valence-corrected chi connectivity index (χ0v) is 14.0. The minimum Gasteiger partial charge on any atom is -0.295 e. The molecule has 1 aliphatic carbocycles. The number of nitrogens with zero attached hydrogens (tertiary/aromatic N) is 6. The molecule has 3 aromatic heterocycles. The molecule has 4 heterocycles. The van der Waals surface area contributed by atoms with E-state index in [-0.39, 0.29) is 5.56 Å². The second kappa shape index (κ2) is 5.77. The number of rotatable bonds is 5. The molecule has 1 saturated carbocycles. The highest BCUT2D eigenvalue weighted by Gasteiger charge is 2.30. The maximum Gasteiger partial charge on any atom is 0.266 e. The van der Waals surface area contributed by atoms with Gasteiger partial charge in [0, 0.05) is 37.2 Å². The molecule has 1 saturated heterocycles. The first-order valence-electron chi connectivity index (χ1n) is 8.85. The first-order valence-corrected chi connectivity index (χ1v) is 8.85. The fraction of sp³-hybridized carbons (Fsp3) is 0.444. The van der Waals surface area contributed by atoms with Crippen LogP contribution in [0.25, 0.3) is 5.65 Å². The molecule has 5 rings (SSSR count). The van der Waals surface area contributed by atoms with E-state index in [1.807, 2.05) is 34.9 Å². The van der Waals surface area contributed by atoms with E-state index < -0.39 is 0 Å². The summed E-state index contributed by atoms with van der Waals surface area (Å²) in [6, 6.07) is 9.47. The second-order valence-electron chi connectivity index (χ2n) is 7.16. The van der Waals surface area contributed by atoms with Gasteiger partial charge in [0.1, 0.15) is 0 Å². The third-order valence-corrected chi connectivity index (χ3v) is 5.10. The molecule has 2 aliphatic rings. The molecule has 25 heavy (non-hydrogen) atoms. The normalized spacial score (nSPS) is 18.6. The van der Waals surface area contributed by atoms with Crippen LogP contribution >= 0.6 is 0 Å². The lowest BCUT2D eigenvalue weighted by molar-refractivity contribution is 0.0736. The Morgan fingerprint density at radius 1 is 1.08 bits per heavy atom. The van der Waals surface area contributed by atoms with E-state index in [0.717, 1.165) is 36.8 Å². The largest absolute Gasteiger partial charge is 0.295 e. The van der Waals surface area contributed by atoms with Crippen LogP contribution in [0.3, 0.4) is 0 Å². The van der Waals surface area contributed by atoms with Crippen LogP contribution in [0.4, 0.5) is 0 Å². The summed E-state index contributed by atoms with van der Waals surface area (Å²) in [4.78, 5) is 14.4. The maximum absolute atomic E-state index is 12.0. The zero-order chi connectivity index (χ0) is 16.8. The topological polar surface area (TPSA) is 68.3 Å². The quantitative estimate of drug-likeness (QED) is 0.702. The van der Waals surface area contributed by atoms with Gasteiger partial charge < -0.3 is 0 Å². The van der Waals surface area contributed by atoms with Crippen molar-refractivity contribution in [1.29, 1.82) is 0 Å². The number of likely N-dealkylation sites (tertiary alicyclic amines) is 1. The summed E-state index contributed by atoms with van der Waals surface area (Å²) in [5.41, 5.74) is 1.96. The Bertz CT molecular complexity index is 967. The van der Waals surface area contributed by atoms with Gasteiger partial charge in [0.05, 0.1) is 18.8 Å². The highest BCUT2D eigenvalue weighted by Crippen LogP contribution is 2.38. The van der Waals surface area contributed by atoms with Crippen LogP contribution in [-0.4, -0.2) is 42.4 Å². The first-order chi connectivity index (χ1) is 12.3. The lowest BCUT2D eigenvalue weighted by Gasteiger charge is -2.38. The summed E-state index contributed by atoms with van der Waals surface area (Å²) >= 11 is 0. The fourth-order valence-electron chi connectivity index (χ4n) is 3.56. The number of aromatic nitrogens is 5. The van der Waals surface area contributed by atoms with Gasteiger partial charge in [0.2, 0.25) is 0 Å². The standard InChI is InChI=1S/C18H20N6O/c25-18-7-6-15(14-4-5-14)21-24(18)11-13-9-22(10-13)12-17-20-19-16-3-1-2-8-23(16)17/h1-3,6-8,13-14H,4-5,9-12H2. The van der Waals surface area contributed by atoms with Crippen molar-refractivity contribution in [3.05, 3.63) is 58.4 Å². The van der Waals surface area contributed by atoms with Gasteiger partial charge in [-0.05, 0) is 31.0 Å². The minimum atomic E-state index is 0.00583. The van der Waals surface area contributed by atoms with Crippen molar-refractivity contribution in [3.63, 3.8) is 0 Å². The average Bonchev–Trinajstić information content (AvgIpc) is 3.36. The average molecular weight is 336 g/mol. The highest BCUT2D eigenvalue weighted by atomic mass is 16.1. The number of hydrogen-bond donors (Lipinski definition) is 0. The number of hydrogen-bond acceptors (Lipinski definition) is 5. The molecule has 7 heteroatoms. The van der Waals surface area contributed by atoms with Crippen LogP contribution in [-0.2, 0) is 13.1 Å². The van der Waals surface area contributed by atoms with Crippen molar-refractivity contribution < 1.29 is 0 Å². The van der Waals surface area contributed by atoms with E-state index in [2.05, 4.69) is 20.2 Å². The molecule has 0 spiro atoms. The predicted molar refractivity (Wildman–Crippen MR) is 92.2 cm³/mol. The fourth-order valence-corrected chi connectivity index (χ4v) is 3.56. The molecule has 7 nitrogen and oxygen atoms in total. The summed E-state index contributed by atoms with van der Waals surface area (Å²) in [6.07, 6.45) is 4.40. The molecule has 0 unspecified atom stereocenters. The molecule has 128 valence electrons. The van der Waals surface area contributed by atoms with Gasteiger partial charge >= 0.3 is 0 Å². The monoisotopic (exact) mass is 336 g/mol. The Balaban J connectivity index is 1.22. The van der Waals surface area contributed by atoms with Crippen molar-refractivity contribution in [2.24, 2.45) is 5.92 Å². The number of fused-ring (bicyclic) bond motifs is 1. The van der Waals surface area contributed by atoms with Crippen molar-refractivity contribution >= 4 is 5.65 Å². The molecule has 0 aromatic carbocycles. The molecule has 3 aromatic rings. The lowest BCUT2D eigenvalue weighted by atomic mass is 10.0. The van der Waals surface area contributed by atoms with Gasteiger partial charge in [-0.15, -0.1) is 10.2 Å². The Morgan fingerprint density at radius 3 is 2.80 bits per heavy atom. The minimum absolute atomic E-state index is 0.00583. The van der Waals surface area contributed by atoms with Gasteiger partial charge in [-0.25, -0.2) is 4.68 Å². The Hall–Kier alpha value is -2.54. The van der Waals surface area contributed by atoms with Crippen molar-refractivity contribution in [1.82, 2.24) is 29.3 Å². The van der Waals surface area contributed by atoms with Crippen LogP contribution in [0.5, 0.6) is 0 Å². The Labute approximate surface area is 144 Å². The summed E-state index contributed by atoms with van der Waals surface area (Å²) < 4.78 is 3.68. The molecule has 0 N–H and O–H groups in total. The van der Waals surface area contributed by atoms with E-state index in [1.54, 1.807) is 10.7 Å². The SMILES string of the molecule is O=c1ccc(C2CC2)nn1CC1CN(Cc2nnc3ccccn23)C1. The molecule has 1 aliphatic heterocycles. The molecule has 0 amide bonds. The van der Waals surface area contributed by atoms with Crippen molar-refractivity contribution in [3.8, 4) is 0 Å². The third-order valence-electron chi connectivity index (χ3n) is 5.10. The molecule has 0 radical (unpaired) electrons. The second-order valence-corrected chi connectivity index (χ2v) is 7.16. The van der Waals surface area contributed by atoms with Crippen LogP contribution in [0.2, 0.25) is 0 Å². The van der Waals surface area contributed by atoms with E-state index in [4.69, 9.17) is 0 Å². The third kappa shape index (κ3) is 2.84. The summed E-state index contributed by atoms with van der Waals surface area (Å²) in [5, 5.41) is 13.0. The van der Waals surface area contributed by atoms with Crippen LogP contribution in [0.1, 0.15) is 30.3 Å². The maximum atomic E-state index is 12.0. The van der Waals surface area contributed by atoms with Crippen LogP contribution in [0, 0.1) is 5.92 Å². The van der Waals surface area contributed by atoms with Crippen LogP contribution < -0.4 is 5.56 Å². The van der Waals surface area contributed by atoms with E-state index in [9.17, 15) is 4.79 Å². The molecule has 0 bridgehead atoms. The van der Waals surface area contributed by atoms with Crippen molar-refractivity contribution in [2.75, 3.05) is 13.1 Å². The van der Waals surface area contributed by atoms with Crippen molar-refractivity contribution in [2.45, 2.75) is 31.8 Å². The zero-order valence-electron chi connectivity index (χ0n) is 14.0. The lowest BCUT2D eigenvalue weighted by Crippen LogP contribution is -2.49. The first kappa shape index (κ1) is 14.8. The summed E-state index contributed by atoms with van der Waals surface area (Å²) in [7, 11) is 0. The molecule has 0 atom stereocenters. The number of pyridine rings is 1. The molecular weight excluding hydrogens is 316 g/mol. The summed E-state index contributed by atoms with van der Waals surface area (Å²) in [5.74, 6) is 2.00. The van der Waals surface area contributed by atoms with E-state index in [1.165, 1.54) is 12.8 Å². The smallest absolute Gasteiger partial charge is 0.266 e. The Morgan fingerprint density at radius 2 is 1.96 bits per heavy atom. The van der Waals surface area contributed by atoms with E-state index >= 15 is 0 Å². The van der Waals surface area contributed by atoms with Gasteiger partial charge in [0.25, 0.3) is 5.56 Å². The molecular formula is C18H20N6O. The predicted octanol–water partition coefficient (Wildman–Crippen LogP) is 1.30. The van der Waals surface area contributed by atoms with E-state index in [0.29, 0.717) is 18.4 Å². The Kier molecular flexibility index (Phi) is 3.41.